The minimum absolute atomic E-state index is 0.437. The van der Waals surface area contributed by atoms with Crippen molar-refractivity contribution < 1.29 is 0 Å². The van der Waals surface area contributed by atoms with Gasteiger partial charge in [-0.1, -0.05) is 32.9 Å². The normalized spacial score (nSPS) is 21.8. The highest BCUT2D eigenvalue weighted by atomic mass is 14.9. The molecular formula is C18H29N. The standard InChI is InChI=1S/C18H29N/c1-6-9-19-17-12-18(4,5)8-7-15-10-13(2)14(3)11-16(15)17/h10-11,17,19H,6-9,12H2,1-5H3. The van der Waals surface area contributed by atoms with E-state index >= 15 is 0 Å². The van der Waals surface area contributed by atoms with E-state index in [0.29, 0.717) is 11.5 Å². The smallest absolute Gasteiger partial charge is 0.0328 e. The average Bonchev–Trinajstić information content (AvgIpc) is 2.46. The van der Waals surface area contributed by atoms with E-state index in [4.69, 9.17) is 0 Å². The quantitative estimate of drug-likeness (QED) is 0.775. The molecule has 19 heavy (non-hydrogen) atoms. The van der Waals surface area contributed by atoms with Gasteiger partial charge >= 0.3 is 0 Å². The Morgan fingerprint density at radius 1 is 1.21 bits per heavy atom. The van der Waals surface area contributed by atoms with Gasteiger partial charge in [-0.15, -0.1) is 0 Å². The molecule has 1 nitrogen and oxygen atoms in total. The highest BCUT2D eigenvalue weighted by Crippen LogP contribution is 2.40. The summed E-state index contributed by atoms with van der Waals surface area (Å²) in [5, 5.41) is 3.77. The van der Waals surface area contributed by atoms with Crippen LogP contribution in [0.1, 0.15) is 68.3 Å². The van der Waals surface area contributed by atoms with E-state index in [1.54, 1.807) is 11.1 Å². The van der Waals surface area contributed by atoms with Crippen molar-refractivity contribution in [2.45, 2.75) is 66.3 Å². The van der Waals surface area contributed by atoms with E-state index in [1.807, 2.05) is 0 Å². The van der Waals surface area contributed by atoms with Crippen molar-refractivity contribution in [2.24, 2.45) is 5.41 Å². The van der Waals surface area contributed by atoms with Gasteiger partial charge < -0.3 is 5.32 Å². The molecule has 0 amide bonds. The molecule has 0 aliphatic heterocycles. The Kier molecular flexibility index (Phi) is 4.35. The summed E-state index contributed by atoms with van der Waals surface area (Å²) >= 11 is 0. The maximum Gasteiger partial charge on any atom is 0.0328 e. The fraction of sp³-hybridized carbons (Fsp3) is 0.667. The Labute approximate surface area is 118 Å². The van der Waals surface area contributed by atoms with Gasteiger partial charge in [0.25, 0.3) is 0 Å². The third-order valence-corrected chi connectivity index (χ3v) is 4.60. The van der Waals surface area contributed by atoms with Crippen LogP contribution < -0.4 is 5.32 Å². The molecule has 1 aliphatic carbocycles. The second-order valence-corrected chi connectivity index (χ2v) is 7.01. The Morgan fingerprint density at radius 3 is 2.58 bits per heavy atom. The van der Waals surface area contributed by atoms with Gasteiger partial charge in [0, 0.05) is 6.04 Å². The molecule has 1 aliphatic rings. The molecule has 1 atom stereocenters. The molecule has 1 heteroatoms. The van der Waals surface area contributed by atoms with Crippen LogP contribution in [0.3, 0.4) is 0 Å². The van der Waals surface area contributed by atoms with Crippen LogP contribution >= 0.6 is 0 Å². The summed E-state index contributed by atoms with van der Waals surface area (Å²) in [6.45, 7) is 12.7. The zero-order valence-corrected chi connectivity index (χ0v) is 13.3. The van der Waals surface area contributed by atoms with Gasteiger partial charge in [-0.3, -0.25) is 0 Å². The first-order chi connectivity index (χ1) is 8.93. The predicted octanol–water partition coefficient (Wildman–Crippen LogP) is 4.71. The van der Waals surface area contributed by atoms with Crippen LogP contribution in [-0.4, -0.2) is 6.54 Å². The first kappa shape index (κ1) is 14.6. The number of hydrogen-bond acceptors (Lipinski definition) is 1. The van der Waals surface area contributed by atoms with Crippen LogP contribution in [0.2, 0.25) is 0 Å². The summed E-state index contributed by atoms with van der Waals surface area (Å²) < 4.78 is 0. The average molecular weight is 259 g/mol. The molecule has 0 aromatic heterocycles. The number of fused-ring (bicyclic) bond motifs is 1. The monoisotopic (exact) mass is 259 g/mol. The van der Waals surface area contributed by atoms with Crippen LogP contribution in [0.25, 0.3) is 0 Å². The first-order valence-electron chi connectivity index (χ1n) is 7.76. The predicted molar refractivity (Wildman–Crippen MR) is 83.7 cm³/mol. The SMILES string of the molecule is CCCNC1CC(C)(C)CCc2cc(C)c(C)cc21. The van der Waals surface area contributed by atoms with E-state index < -0.39 is 0 Å². The number of benzene rings is 1. The van der Waals surface area contributed by atoms with Gasteiger partial charge in [0.2, 0.25) is 0 Å². The Bertz CT molecular complexity index is 445. The summed E-state index contributed by atoms with van der Waals surface area (Å²) in [7, 11) is 0. The molecule has 0 saturated heterocycles. The number of rotatable bonds is 3. The molecule has 106 valence electrons. The van der Waals surface area contributed by atoms with Gasteiger partial charge in [-0.2, -0.15) is 0 Å². The van der Waals surface area contributed by atoms with Crippen LogP contribution in [0, 0.1) is 19.3 Å². The van der Waals surface area contributed by atoms with Crippen molar-refractivity contribution in [2.75, 3.05) is 6.54 Å². The van der Waals surface area contributed by atoms with Crippen molar-refractivity contribution in [1.82, 2.24) is 5.32 Å². The minimum Gasteiger partial charge on any atom is -0.310 e. The third kappa shape index (κ3) is 3.39. The molecule has 0 saturated carbocycles. The van der Waals surface area contributed by atoms with E-state index in [0.717, 1.165) is 6.54 Å². The molecule has 1 aromatic rings. The Hall–Kier alpha value is -0.820. The molecule has 1 unspecified atom stereocenters. The summed E-state index contributed by atoms with van der Waals surface area (Å²) in [6.07, 6.45) is 4.99. The fourth-order valence-electron chi connectivity index (χ4n) is 3.18. The van der Waals surface area contributed by atoms with E-state index in [-0.39, 0.29) is 0 Å². The molecule has 0 heterocycles. The number of hydrogen-bond donors (Lipinski definition) is 1. The lowest BCUT2D eigenvalue weighted by molar-refractivity contribution is 0.273. The lowest BCUT2D eigenvalue weighted by atomic mass is 9.83. The lowest BCUT2D eigenvalue weighted by Gasteiger charge is -2.28. The maximum atomic E-state index is 3.77. The molecule has 1 N–H and O–H groups in total. The minimum atomic E-state index is 0.437. The second kappa shape index (κ2) is 5.66. The molecule has 0 bridgehead atoms. The van der Waals surface area contributed by atoms with Crippen LogP contribution in [-0.2, 0) is 6.42 Å². The topological polar surface area (TPSA) is 12.0 Å². The van der Waals surface area contributed by atoms with Crippen LogP contribution in [0.4, 0.5) is 0 Å². The molecule has 1 aromatic carbocycles. The Morgan fingerprint density at radius 2 is 1.89 bits per heavy atom. The number of aryl methyl sites for hydroxylation is 3. The van der Waals surface area contributed by atoms with Crippen molar-refractivity contribution >= 4 is 0 Å². The van der Waals surface area contributed by atoms with Crippen LogP contribution in [0.15, 0.2) is 12.1 Å². The van der Waals surface area contributed by atoms with Crippen molar-refractivity contribution in [3.8, 4) is 0 Å². The molecule has 0 fully saturated rings. The van der Waals surface area contributed by atoms with E-state index in [1.165, 1.54) is 36.8 Å². The van der Waals surface area contributed by atoms with Crippen molar-refractivity contribution in [3.63, 3.8) is 0 Å². The van der Waals surface area contributed by atoms with Gasteiger partial charge in [0.1, 0.15) is 0 Å². The molecule has 0 spiro atoms. The Balaban J connectivity index is 2.38. The highest BCUT2D eigenvalue weighted by molar-refractivity contribution is 5.40. The zero-order chi connectivity index (χ0) is 14.0. The van der Waals surface area contributed by atoms with E-state index in [2.05, 4.69) is 52.1 Å². The summed E-state index contributed by atoms with van der Waals surface area (Å²) in [6, 6.07) is 5.39. The highest BCUT2D eigenvalue weighted by Gasteiger charge is 2.29. The van der Waals surface area contributed by atoms with E-state index in [9.17, 15) is 0 Å². The largest absolute Gasteiger partial charge is 0.310 e. The number of nitrogens with one attached hydrogen (secondary N) is 1. The zero-order valence-electron chi connectivity index (χ0n) is 13.3. The summed E-state index contributed by atoms with van der Waals surface area (Å²) in [5.74, 6) is 0. The third-order valence-electron chi connectivity index (χ3n) is 4.60. The summed E-state index contributed by atoms with van der Waals surface area (Å²) in [5.41, 5.74) is 6.44. The summed E-state index contributed by atoms with van der Waals surface area (Å²) in [4.78, 5) is 0. The molecule has 2 rings (SSSR count). The second-order valence-electron chi connectivity index (χ2n) is 7.01. The van der Waals surface area contributed by atoms with Crippen molar-refractivity contribution in [3.05, 3.63) is 34.4 Å². The van der Waals surface area contributed by atoms with Crippen molar-refractivity contribution in [1.29, 1.82) is 0 Å². The van der Waals surface area contributed by atoms with Gasteiger partial charge in [0.05, 0.1) is 0 Å². The van der Waals surface area contributed by atoms with Gasteiger partial charge in [-0.05, 0) is 73.7 Å². The first-order valence-corrected chi connectivity index (χ1v) is 7.76. The van der Waals surface area contributed by atoms with Gasteiger partial charge in [-0.25, -0.2) is 0 Å². The molecular weight excluding hydrogens is 230 g/mol. The van der Waals surface area contributed by atoms with Gasteiger partial charge in [0.15, 0.2) is 0 Å². The molecule has 0 radical (unpaired) electrons. The van der Waals surface area contributed by atoms with Crippen LogP contribution in [0.5, 0.6) is 0 Å². The maximum absolute atomic E-state index is 3.77. The fourth-order valence-corrected chi connectivity index (χ4v) is 3.18. The lowest BCUT2D eigenvalue weighted by Crippen LogP contribution is -2.26.